The second-order valence-electron chi connectivity index (χ2n) is 4.99. The van der Waals surface area contributed by atoms with E-state index in [1.54, 1.807) is 18.3 Å². The van der Waals surface area contributed by atoms with Crippen molar-refractivity contribution in [2.75, 3.05) is 0 Å². The van der Waals surface area contributed by atoms with Crippen LogP contribution in [0.15, 0.2) is 66.9 Å². The summed E-state index contributed by atoms with van der Waals surface area (Å²) in [4.78, 5) is 4.26. The van der Waals surface area contributed by atoms with Crippen LogP contribution in [0.5, 0.6) is 5.88 Å². The largest absolute Gasteiger partial charge is 0.473 e. The van der Waals surface area contributed by atoms with Crippen molar-refractivity contribution in [3.63, 3.8) is 0 Å². The summed E-state index contributed by atoms with van der Waals surface area (Å²) in [6.45, 7) is 0.447. The van der Waals surface area contributed by atoms with Crippen molar-refractivity contribution < 1.29 is 9.13 Å². The van der Waals surface area contributed by atoms with Crippen LogP contribution < -0.4 is 4.74 Å². The molecule has 3 heteroatoms. The monoisotopic (exact) mass is 303 g/mol. The number of hydrogen-bond donors (Lipinski definition) is 0. The first-order chi connectivity index (χ1) is 11.3. The molecule has 0 aliphatic heterocycles. The highest BCUT2D eigenvalue weighted by atomic mass is 19.1. The Morgan fingerprint density at radius 1 is 1.04 bits per heavy atom. The fourth-order valence-corrected chi connectivity index (χ4v) is 2.24. The van der Waals surface area contributed by atoms with Crippen LogP contribution in [-0.4, -0.2) is 4.98 Å². The molecule has 0 aliphatic carbocycles. The van der Waals surface area contributed by atoms with Crippen LogP contribution >= 0.6 is 0 Å². The number of halogens is 1. The average Bonchev–Trinajstić information content (AvgIpc) is 2.61. The highest BCUT2D eigenvalue weighted by Gasteiger charge is 2.06. The molecule has 0 N–H and O–H groups in total. The molecule has 23 heavy (non-hydrogen) atoms. The van der Waals surface area contributed by atoms with Gasteiger partial charge in [-0.25, -0.2) is 9.37 Å². The van der Waals surface area contributed by atoms with Crippen LogP contribution in [-0.2, 0) is 6.61 Å². The zero-order chi connectivity index (χ0) is 16.1. The Morgan fingerprint density at radius 2 is 1.87 bits per heavy atom. The van der Waals surface area contributed by atoms with Gasteiger partial charge in [-0.1, -0.05) is 36.3 Å². The summed E-state index contributed by atoms with van der Waals surface area (Å²) < 4.78 is 19.1. The van der Waals surface area contributed by atoms with Gasteiger partial charge in [-0.2, -0.15) is 0 Å². The zero-order valence-electron chi connectivity index (χ0n) is 12.4. The molecule has 0 amide bonds. The summed E-state index contributed by atoms with van der Waals surface area (Å²) >= 11 is 0. The highest BCUT2D eigenvalue weighted by Crippen LogP contribution is 2.25. The van der Waals surface area contributed by atoms with Crippen LogP contribution in [0.1, 0.15) is 11.1 Å². The van der Waals surface area contributed by atoms with Crippen molar-refractivity contribution in [1.82, 2.24) is 4.98 Å². The molecule has 2 nitrogen and oxygen atoms in total. The standard InChI is InChI=1S/C20H14FNO/c1-2-16-8-10-18(21)12-19(16)17-9-11-20(22-13-17)23-14-15-6-4-3-5-7-15/h1,3-13H,14H2. The quantitative estimate of drug-likeness (QED) is 0.664. The minimum atomic E-state index is -0.330. The maximum Gasteiger partial charge on any atom is 0.213 e. The molecule has 0 radical (unpaired) electrons. The van der Waals surface area contributed by atoms with E-state index >= 15 is 0 Å². The number of pyridine rings is 1. The lowest BCUT2D eigenvalue weighted by Crippen LogP contribution is -1.97. The molecule has 0 fully saturated rings. The first kappa shape index (κ1) is 14.8. The van der Waals surface area contributed by atoms with Crippen molar-refractivity contribution in [2.45, 2.75) is 6.61 Å². The Bertz CT molecular complexity index is 836. The SMILES string of the molecule is C#Cc1ccc(F)cc1-c1ccc(OCc2ccccc2)nc1. The maximum absolute atomic E-state index is 13.4. The summed E-state index contributed by atoms with van der Waals surface area (Å²) in [7, 11) is 0. The van der Waals surface area contributed by atoms with Crippen LogP contribution in [0, 0.1) is 18.2 Å². The lowest BCUT2D eigenvalue weighted by Gasteiger charge is -2.08. The fraction of sp³-hybridized carbons (Fsp3) is 0.0500. The normalized spacial score (nSPS) is 10.1. The molecular formula is C20H14FNO. The van der Waals surface area contributed by atoms with Crippen LogP contribution in [0.25, 0.3) is 11.1 Å². The van der Waals surface area contributed by atoms with E-state index in [9.17, 15) is 4.39 Å². The van der Waals surface area contributed by atoms with E-state index in [-0.39, 0.29) is 5.82 Å². The van der Waals surface area contributed by atoms with Gasteiger partial charge in [0, 0.05) is 29.0 Å². The van der Waals surface area contributed by atoms with Crippen molar-refractivity contribution in [3.8, 4) is 29.4 Å². The van der Waals surface area contributed by atoms with Gasteiger partial charge >= 0.3 is 0 Å². The van der Waals surface area contributed by atoms with Crippen molar-refractivity contribution in [2.24, 2.45) is 0 Å². The molecule has 0 spiro atoms. The second-order valence-corrected chi connectivity index (χ2v) is 4.99. The molecule has 112 valence electrons. The lowest BCUT2D eigenvalue weighted by molar-refractivity contribution is 0.294. The first-order valence-corrected chi connectivity index (χ1v) is 7.15. The Balaban J connectivity index is 1.77. The Morgan fingerprint density at radius 3 is 2.57 bits per heavy atom. The van der Waals surface area contributed by atoms with Gasteiger partial charge < -0.3 is 4.74 Å². The third-order valence-corrected chi connectivity index (χ3v) is 3.41. The molecule has 2 aromatic carbocycles. The molecule has 0 aliphatic rings. The number of rotatable bonds is 4. The number of terminal acetylenes is 1. The molecule has 1 heterocycles. The Labute approximate surface area is 134 Å². The van der Waals surface area contributed by atoms with Gasteiger partial charge in [0.1, 0.15) is 12.4 Å². The number of hydrogen-bond acceptors (Lipinski definition) is 2. The molecule has 0 bridgehead atoms. The number of nitrogens with zero attached hydrogens (tertiary/aromatic N) is 1. The van der Waals surface area contributed by atoms with Gasteiger partial charge in [0.05, 0.1) is 0 Å². The van der Waals surface area contributed by atoms with Crippen LogP contribution in [0.2, 0.25) is 0 Å². The number of benzene rings is 2. The fourth-order valence-electron chi connectivity index (χ4n) is 2.24. The van der Waals surface area contributed by atoms with E-state index < -0.39 is 0 Å². The topological polar surface area (TPSA) is 22.1 Å². The minimum Gasteiger partial charge on any atom is -0.473 e. The molecule has 0 atom stereocenters. The van der Waals surface area contributed by atoms with Crippen LogP contribution in [0.4, 0.5) is 4.39 Å². The van der Waals surface area contributed by atoms with Crippen LogP contribution in [0.3, 0.4) is 0 Å². The summed E-state index contributed by atoms with van der Waals surface area (Å²) in [5.41, 5.74) is 3.10. The van der Waals surface area contributed by atoms with Gasteiger partial charge in [-0.15, -0.1) is 6.42 Å². The number of ether oxygens (including phenoxy) is 1. The molecule has 0 saturated carbocycles. The first-order valence-electron chi connectivity index (χ1n) is 7.15. The number of aromatic nitrogens is 1. The Hall–Kier alpha value is -3.12. The predicted octanol–water partition coefficient (Wildman–Crippen LogP) is 4.45. The predicted molar refractivity (Wildman–Crippen MR) is 88.3 cm³/mol. The maximum atomic E-state index is 13.4. The lowest BCUT2D eigenvalue weighted by atomic mass is 10.0. The van der Waals surface area contributed by atoms with E-state index in [1.807, 2.05) is 36.4 Å². The average molecular weight is 303 g/mol. The molecular weight excluding hydrogens is 289 g/mol. The molecule has 3 rings (SSSR count). The second kappa shape index (κ2) is 6.76. The van der Waals surface area contributed by atoms with E-state index in [0.717, 1.165) is 11.1 Å². The van der Waals surface area contributed by atoms with Crippen molar-refractivity contribution >= 4 is 0 Å². The summed E-state index contributed by atoms with van der Waals surface area (Å²) in [5.74, 6) is 2.74. The Kier molecular flexibility index (Phi) is 4.35. The molecule has 0 unspecified atom stereocenters. The van der Waals surface area contributed by atoms with E-state index in [1.165, 1.54) is 12.1 Å². The van der Waals surface area contributed by atoms with Gasteiger partial charge in [0.2, 0.25) is 5.88 Å². The van der Waals surface area contributed by atoms with E-state index in [4.69, 9.17) is 11.2 Å². The van der Waals surface area contributed by atoms with Gasteiger partial charge in [-0.05, 0) is 29.8 Å². The summed E-state index contributed by atoms with van der Waals surface area (Å²) in [6.07, 6.45) is 7.10. The van der Waals surface area contributed by atoms with E-state index in [0.29, 0.717) is 23.6 Å². The summed E-state index contributed by atoms with van der Waals surface area (Å²) in [5, 5.41) is 0. The molecule has 3 aromatic rings. The summed E-state index contributed by atoms with van der Waals surface area (Å²) in [6, 6.07) is 17.8. The van der Waals surface area contributed by atoms with Crippen molar-refractivity contribution in [3.05, 3.63) is 83.8 Å². The van der Waals surface area contributed by atoms with Gasteiger partial charge in [0.15, 0.2) is 0 Å². The van der Waals surface area contributed by atoms with Gasteiger partial charge in [-0.3, -0.25) is 0 Å². The minimum absolute atomic E-state index is 0.330. The zero-order valence-corrected chi connectivity index (χ0v) is 12.4. The van der Waals surface area contributed by atoms with Crippen molar-refractivity contribution in [1.29, 1.82) is 0 Å². The van der Waals surface area contributed by atoms with Gasteiger partial charge in [0.25, 0.3) is 0 Å². The third kappa shape index (κ3) is 3.56. The molecule has 1 aromatic heterocycles. The smallest absolute Gasteiger partial charge is 0.213 e. The highest BCUT2D eigenvalue weighted by molar-refractivity contribution is 5.70. The third-order valence-electron chi connectivity index (χ3n) is 3.41. The van der Waals surface area contributed by atoms with E-state index in [2.05, 4.69) is 10.9 Å². The molecule has 0 saturated heterocycles.